The van der Waals surface area contributed by atoms with Crippen LogP contribution in [0, 0.1) is 0 Å². The fraction of sp³-hybridized carbons (Fsp3) is 0. The summed E-state index contributed by atoms with van der Waals surface area (Å²) in [4.78, 5) is 0. The van der Waals surface area contributed by atoms with Crippen LogP contribution in [-0.4, -0.2) is 15.0 Å². The maximum atomic E-state index is 9.27. The number of aromatic hydroxyl groups is 1. The second-order valence-electron chi connectivity index (χ2n) is 2.50. The molecule has 0 aliphatic carbocycles. The van der Waals surface area contributed by atoms with Crippen molar-refractivity contribution in [1.82, 2.24) is 4.68 Å². The van der Waals surface area contributed by atoms with E-state index in [1.165, 1.54) is 4.68 Å². The van der Waals surface area contributed by atoms with Crippen LogP contribution >= 0.6 is 0 Å². The summed E-state index contributed by atoms with van der Waals surface area (Å²) in [6, 6.07) is 8.90. The summed E-state index contributed by atoms with van der Waals surface area (Å²) in [5.74, 6) is -0.0151. The molecule has 0 fully saturated rings. The molecule has 0 spiro atoms. The predicted molar refractivity (Wildman–Crippen MR) is 44.8 cm³/mol. The highest BCUT2D eigenvalue weighted by atomic mass is 16.5. The topological polar surface area (TPSA) is 57.4 Å². The molecule has 0 amide bonds. The van der Waals surface area contributed by atoms with E-state index < -0.39 is 0 Å². The van der Waals surface area contributed by atoms with Crippen LogP contribution < -0.4 is 5.59 Å². The molecule has 2 aromatic rings. The van der Waals surface area contributed by atoms with Crippen LogP contribution in [0.3, 0.4) is 0 Å². The average molecular weight is 164 g/mol. The average Bonchev–Trinajstić information content (AvgIpc) is 2.40. The zero-order chi connectivity index (χ0) is 8.55. The second-order valence-corrected chi connectivity index (χ2v) is 2.50. The smallest absolute Gasteiger partial charge is 0.212 e. The van der Waals surface area contributed by atoms with Crippen molar-refractivity contribution in [3.63, 3.8) is 0 Å². The molecule has 0 saturated carbocycles. The van der Waals surface area contributed by atoms with Gasteiger partial charge >= 0.3 is 0 Å². The number of para-hydroxylation sites is 1. The van der Waals surface area contributed by atoms with Gasteiger partial charge in [0.1, 0.15) is 0 Å². The van der Waals surface area contributed by atoms with Gasteiger partial charge in [-0.2, -0.15) is 0 Å². The van der Waals surface area contributed by atoms with E-state index in [4.69, 9.17) is 5.21 Å². The van der Waals surface area contributed by atoms with Crippen LogP contribution in [0.2, 0.25) is 0 Å². The maximum absolute atomic E-state index is 9.27. The van der Waals surface area contributed by atoms with Crippen molar-refractivity contribution in [1.29, 1.82) is 0 Å². The summed E-state index contributed by atoms with van der Waals surface area (Å²) in [5.41, 5.74) is 2.62. The minimum Gasteiger partial charge on any atom is -0.493 e. The first-order valence-corrected chi connectivity index (χ1v) is 3.52. The third-order valence-electron chi connectivity index (χ3n) is 1.79. The van der Waals surface area contributed by atoms with Crippen LogP contribution in [0.4, 0.5) is 0 Å². The quantitative estimate of drug-likeness (QED) is 0.556. The molecular formula is C8H8N2O2. The van der Waals surface area contributed by atoms with Crippen molar-refractivity contribution >= 4 is 10.9 Å². The monoisotopic (exact) mass is 164 g/mol. The van der Waals surface area contributed by atoms with E-state index in [2.05, 4.69) is 0 Å². The van der Waals surface area contributed by atoms with E-state index in [0.29, 0.717) is 0 Å². The summed E-state index contributed by atoms with van der Waals surface area (Å²) >= 11 is 0. The molecule has 12 heavy (non-hydrogen) atoms. The molecule has 3 N–H and O–H groups in total. The lowest BCUT2D eigenvalue weighted by Gasteiger charge is -2.01. The van der Waals surface area contributed by atoms with Crippen LogP contribution in [0.15, 0.2) is 30.3 Å². The summed E-state index contributed by atoms with van der Waals surface area (Å²) in [6.45, 7) is 0. The largest absolute Gasteiger partial charge is 0.493 e. The number of nitrogens with zero attached hydrogens (tertiary/aromatic N) is 1. The van der Waals surface area contributed by atoms with E-state index in [0.717, 1.165) is 10.9 Å². The lowest BCUT2D eigenvalue weighted by molar-refractivity contribution is 0.300. The zero-order valence-corrected chi connectivity index (χ0v) is 6.23. The van der Waals surface area contributed by atoms with Crippen LogP contribution in [-0.2, 0) is 0 Å². The number of fused-ring (bicyclic) bond motifs is 1. The molecule has 0 bridgehead atoms. The highest BCUT2D eigenvalue weighted by Crippen LogP contribution is 2.21. The Morgan fingerprint density at radius 1 is 1.25 bits per heavy atom. The number of hydrogen-bond acceptors (Lipinski definition) is 3. The van der Waals surface area contributed by atoms with Crippen molar-refractivity contribution in [2.45, 2.75) is 0 Å². The predicted octanol–water partition coefficient (Wildman–Crippen LogP) is 1.28. The van der Waals surface area contributed by atoms with E-state index in [9.17, 15) is 5.11 Å². The van der Waals surface area contributed by atoms with Crippen molar-refractivity contribution in [3.05, 3.63) is 30.3 Å². The fourth-order valence-corrected chi connectivity index (χ4v) is 1.25. The Hall–Kier alpha value is -1.68. The van der Waals surface area contributed by atoms with Gasteiger partial charge < -0.3 is 5.11 Å². The molecule has 0 aliphatic heterocycles. The lowest BCUT2D eigenvalue weighted by Crippen LogP contribution is -2.07. The fourth-order valence-electron chi connectivity index (χ4n) is 1.25. The van der Waals surface area contributed by atoms with Gasteiger partial charge in [-0.15, -0.1) is 0 Å². The second kappa shape index (κ2) is 2.42. The molecule has 2 rings (SSSR count). The Labute approximate surface area is 68.6 Å². The van der Waals surface area contributed by atoms with Gasteiger partial charge in [-0.1, -0.05) is 18.2 Å². The standard InChI is InChI=1S/C8H8N2O2/c11-8-5-6-3-1-2-4-7(6)10(8)9-12/h1-5,9,11-12H. The number of aromatic nitrogens is 1. The summed E-state index contributed by atoms with van der Waals surface area (Å²) < 4.78 is 1.19. The molecule has 1 aromatic carbocycles. The molecular weight excluding hydrogens is 156 g/mol. The first-order chi connectivity index (χ1) is 5.83. The van der Waals surface area contributed by atoms with Gasteiger partial charge in [0, 0.05) is 11.5 Å². The van der Waals surface area contributed by atoms with Gasteiger partial charge in [0.25, 0.3) is 0 Å². The summed E-state index contributed by atoms with van der Waals surface area (Å²) in [7, 11) is 0. The van der Waals surface area contributed by atoms with Crippen LogP contribution in [0.5, 0.6) is 5.88 Å². The minimum absolute atomic E-state index is 0.0151. The molecule has 1 aromatic heterocycles. The minimum atomic E-state index is -0.0151. The number of nitrogens with one attached hydrogen (secondary N) is 1. The van der Waals surface area contributed by atoms with Crippen molar-refractivity contribution in [2.24, 2.45) is 0 Å². The van der Waals surface area contributed by atoms with Crippen molar-refractivity contribution in [3.8, 4) is 5.88 Å². The van der Waals surface area contributed by atoms with Gasteiger partial charge in [-0.05, 0) is 6.07 Å². The normalized spacial score (nSPS) is 10.4. The highest BCUT2D eigenvalue weighted by molar-refractivity contribution is 5.82. The molecule has 0 radical (unpaired) electrons. The Bertz CT molecular complexity index is 408. The van der Waals surface area contributed by atoms with Crippen molar-refractivity contribution < 1.29 is 10.3 Å². The Kier molecular flexibility index (Phi) is 1.41. The van der Waals surface area contributed by atoms with E-state index in [1.54, 1.807) is 12.1 Å². The summed E-state index contributed by atoms with van der Waals surface area (Å²) in [5, 5.41) is 18.8. The molecule has 4 heteroatoms. The molecule has 0 unspecified atom stereocenters. The Morgan fingerprint density at radius 3 is 2.75 bits per heavy atom. The SMILES string of the molecule is ONn1c(O)cc2ccccc21. The van der Waals surface area contributed by atoms with E-state index >= 15 is 0 Å². The highest BCUT2D eigenvalue weighted by Gasteiger charge is 2.04. The van der Waals surface area contributed by atoms with Gasteiger partial charge in [0.05, 0.1) is 5.52 Å². The third-order valence-corrected chi connectivity index (χ3v) is 1.79. The number of rotatable bonds is 1. The Balaban J connectivity index is 2.81. The van der Waals surface area contributed by atoms with Gasteiger partial charge in [-0.3, -0.25) is 5.21 Å². The first kappa shape index (κ1) is 7.00. The van der Waals surface area contributed by atoms with E-state index in [-0.39, 0.29) is 5.88 Å². The zero-order valence-electron chi connectivity index (χ0n) is 6.23. The number of benzene rings is 1. The molecule has 0 aliphatic rings. The lowest BCUT2D eigenvalue weighted by atomic mass is 10.3. The third kappa shape index (κ3) is 0.820. The molecule has 4 nitrogen and oxygen atoms in total. The molecule has 62 valence electrons. The van der Waals surface area contributed by atoms with Gasteiger partial charge in [-0.25, -0.2) is 10.3 Å². The Morgan fingerprint density at radius 2 is 2.00 bits per heavy atom. The maximum Gasteiger partial charge on any atom is 0.212 e. The van der Waals surface area contributed by atoms with Gasteiger partial charge in [0.2, 0.25) is 5.88 Å². The molecule has 0 saturated heterocycles. The molecule has 0 atom stereocenters. The summed E-state index contributed by atoms with van der Waals surface area (Å²) in [6.07, 6.45) is 0. The van der Waals surface area contributed by atoms with Crippen LogP contribution in [0.25, 0.3) is 10.9 Å². The van der Waals surface area contributed by atoms with Gasteiger partial charge in [0.15, 0.2) is 0 Å². The van der Waals surface area contributed by atoms with Crippen LogP contribution in [0.1, 0.15) is 0 Å². The van der Waals surface area contributed by atoms with Crippen molar-refractivity contribution in [2.75, 3.05) is 5.59 Å². The van der Waals surface area contributed by atoms with E-state index in [1.807, 2.05) is 23.8 Å². The molecule has 1 heterocycles. The first-order valence-electron chi connectivity index (χ1n) is 3.52. The number of hydrogen-bond donors (Lipinski definition) is 3.